The average Bonchev–Trinajstić information content (AvgIpc) is 3.04. The highest BCUT2D eigenvalue weighted by molar-refractivity contribution is 5.48. The van der Waals surface area contributed by atoms with Crippen molar-refractivity contribution in [3.05, 3.63) is 53.6 Å². The summed E-state index contributed by atoms with van der Waals surface area (Å²) < 4.78 is 8.18. The zero-order chi connectivity index (χ0) is 12.9. The van der Waals surface area contributed by atoms with Crippen LogP contribution in [-0.2, 0) is 23.1 Å². The van der Waals surface area contributed by atoms with E-state index < -0.39 is 0 Å². The number of rotatable bonds is 1. The van der Waals surface area contributed by atoms with Gasteiger partial charge in [0.2, 0.25) is 0 Å². The number of ether oxygens (including phenoxy) is 1. The summed E-state index contributed by atoms with van der Waals surface area (Å²) in [5.41, 5.74) is 4.22. The lowest BCUT2D eigenvalue weighted by Crippen LogP contribution is -2.42. The van der Waals surface area contributed by atoms with Gasteiger partial charge in [-0.1, -0.05) is 24.3 Å². The standard InChI is InChI=1S/C16H18N2O/c1-19-15-9-12-5-2-3-6-13(12)16(15)7-4-8-18-11-17-10-14(16)18/h2-3,5-6,10-11,15H,4,7-9H2,1H3. The summed E-state index contributed by atoms with van der Waals surface area (Å²) in [6.07, 6.45) is 7.60. The van der Waals surface area contributed by atoms with E-state index in [9.17, 15) is 0 Å². The van der Waals surface area contributed by atoms with E-state index in [1.54, 1.807) is 0 Å². The molecular formula is C16H18N2O. The fraction of sp³-hybridized carbons (Fsp3) is 0.438. The van der Waals surface area contributed by atoms with E-state index in [4.69, 9.17) is 4.74 Å². The molecule has 1 aliphatic carbocycles. The first-order chi connectivity index (χ1) is 9.36. The van der Waals surface area contributed by atoms with Gasteiger partial charge in [0.05, 0.1) is 23.5 Å². The fourth-order valence-corrected chi connectivity index (χ4v) is 4.09. The maximum atomic E-state index is 5.87. The molecule has 2 aliphatic rings. The molecule has 0 amide bonds. The lowest BCUT2D eigenvalue weighted by Gasteiger charge is -2.39. The van der Waals surface area contributed by atoms with Crippen molar-refractivity contribution in [3.63, 3.8) is 0 Å². The Labute approximate surface area is 113 Å². The third kappa shape index (κ3) is 1.34. The zero-order valence-electron chi connectivity index (χ0n) is 11.2. The van der Waals surface area contributed by atoms with Crippen molar-refractivity contribution >= 4 is 0 Å². The molecular weight excluding hydrogens is 236 g/mol. The molecule has 1 aromatic carbocycles. The van der Waals surface area contributed by atoms with E-state index in [-0.39, 0.29) is 11.5 Å². The molecule has 0 saturated heterocycles. The Kier molecular flexibility index (Phi) is 2.33. The summed E-state index contributed by atoms with van der Waals surface area (Å²) in [4.78, 5) is 4.37. The maximum Gasteiger partial charge on any atom is 0.0948 e. The molecule has 1 aromatic heterocycles. The Balaban J connectivity index is 1.99. The molecule has 0 bridgehead atoms. The average molecular weight is 254 g/mol. The Morgan fingerprint density at radius 1 is 1.37 bits per heavy atom. The lowest BCUT2D eigenvalue weighted by molar-refractivity contribution is 0.0467. The minimum atomic E-state index is 0.0140. The van der Waals surface area contributed by atoms with Crippen LogP contribution in [0.1, 0.15) is 29.7 Å². The third-order valence-electron chi connectivity index (χ3n) is 4.88. The van der Waals surface area contributed by atoms with Crippen LogP contribution in [-0.4, -0.2) is 22.8 Å². The van der Waals surface area contributed by atoms with Gasteiger partial charge in [0, 0.05) is 26.3 Å². The summed E-state index contributed by atoms with van der Waals surface area (Å²) in [6.45, 7) is 1.08. The highest BCUT2D eigenvalue weighted by Crippen LogP contribution is 2.50. The van der Waals surface area contributed by atoms with Gasteiger partial charge in [0.15, 0.2) is 0 Å². The van der Waals surface area contributed by atoms with Gasteiger partial charge in [-0.2, -0.15) is 0 Å². The first-order valence-corrected chi connectivity index (χ1v) is 6.98. The van der Waals surface area contributed by atoms with Gasteiger partial charge in [-0.25, -0.2) is 4.98 Å². The minimum absolute atomic E-state index is 0.0140. The van der Waals surface area contributed by atoms with Gasteiger partial charge in [0.1, 0.15) is 0 Å². The number of methoxy groups -OCH3 is 1. The summed E-state index contributed by atoms with van der Waals surface area (Å²) >= 11 is 0. The van der Waals surface area contributed by atoms with Crippen molar-refractivity contribution in [2.75, 3.05) is 7.11 Å². The molecule has 2 atom stereocenters. The first kappa shape index (κ1) is 11.2. The van der Waals surface area contributed by atoms with Crippen LogP contribution in [0.3, 0.4) is 0 Å². The van der Waals surface area contributed by atoms with E-state index >= 15 is 0 Å². The number of benzene rings is 1. The normalized spacial score (nSPS) is 28.4. The zero-order valence-corrected chi connectivity index (χ0v) is 11.2. The van der Waals surface area contributed by atoms with Gasteiger partial charge in [-0.05, 0) is 24.0 Å². The minimum Gasteiger partial charge on any atom is -0.380 e. The van der Waals surface area contributed by atoms with Gasteiger partial charge in [-0.3, -0.25) is 0 Å². The monoisotopic (exact) mass is 254 g/mol. The maximum absolute atomic E-state index is 5.87. The Hall–Kier alpha value is -1.61. The lowest BCUT2D eigenvalue weighted by atomic mass is 9.72. The summed E-state index contributed by atoms with van der Waals surface area (Å²) in [5.74, 6) is 0. The van der Waals surface area contributed by atoms with Crippen molar-refractivity contribution in [2.24, 2.45) is 0 Å². The van der Waals surface area contributed by atoms with E-state index in [0.29, 0.717) is 0 Å². The van der Waals surface area contributed by atoms with Crippen molar-refractivity contribution in [1.82, 2.24) is 9.55 Å². The highest BCUT2D eigenvalue weighted by Gasteiger charge is 2.51. The molecule has 2 heterocycles. The number of imidazole rings is 1. The number of nitrogens with zero attached hydrogens (tertiary/aromatic N) is 2. The van der Waals surface area contributed by atoms with Crippen molar-refractivity contribution in [3.8, 4) is 0 Å². The fourth-order valence-electron chi connectivity index (χ4n) is 4.09. The van der Waals surface area contributed by atoms with Crippen LogP contribution >= 0.6 is 0 Å². The predicted octanol–water partition coefficient (Wildman–Crippen LogP) is 2.53. The predicted molar refractivity (Wildman–Crippen MR) is 73.2 cm³/mol. The molecule has 19 heavy (non-hydrogen) atoms. The molecule has 0 radical (unpaired) electrons. The molecule has 1 aliphatic heterocycles. The van der Waals surface area contributed by atoms with Crippen LogP contribution in [0.2, 0.25) is 0 Å². The van der Waals surface area contributed by atoms with Crippen LogP contribution in [0.4, 0.5) is 0 Å². The molecule has 0 fully saturated rings. The Bertz CT molecular complexity index is 619. The molecule has 2 unspecified atom stereocenters. The molecule has 0 N–H and O–H groups in total. The molecule has 3 nitrogen and oxygen atoms in total. The van der Waals surface area contributed by atoms with Crippen LogP contribution in [0.25, 0.3) is 0 Å². The van der Waals surface area contributed by atoms with Crippen LogP contribution in [0.15, 0.2) is 36.8 Å². The van der Waals surface area contributed by atoms with Gasteiger partial charge in [-0.15, -0.1) is 0 Å². The van der Waals surface area contributed by atoms with Gasteiger partial charge >= 0.3 is 0 Å². The van der Waals surface area contributed by atoms with Crippen LogP contribution in [0, 0.1) is 0 Å². The van der Waals surface area contributed by atoms with E-state index in [1.807, 2.05) is 19.6 Å². The van der Waals surface area contributed by atoms with E-state index in [0.717, 1.165) is 19.4 Å². The number of aromatic nitrogens is 2. The molecule has 1 spiro atoms. The Morgan fingerprint density at radius 3 is 3.16 bits per heavy atom. The van der Waals surface area contributed by atoms with Crippen molar-refractivity contribution < 1.29 is 4.74 Å². The number of aryl methyl sites for hydroxylation is 1. The second-order valence-electron chi connectivity index (χ2n) is 5.63. The van der Waals surface area contributed by atoms with Crippen LogP contribution < -0.4 is 0 Å². The summed E-state index contributed by atoms with van der Waals surface area (Å²) in [5, 5.41) is 0. The number of hydrogen-bond donors (Lipinski definition) is 0. The topological polar surface area (TPSA) is 27.1 Å². The first-order valence-electron chi connectivity index (χ1n) is 6.98. The van der Waals surface area contributed by atoms with Crippen molar-refractivity contribution in [1.29, 1.82) is 0 Å². The van der Waals surface area contributed by atoms with Crippen LogP contribution in [0.5, 0.6) is 0 Å². The molecule has 4 rings (SSSR count). The number of hydrogen-bond acceptors (Lipinski definition) is 2. The van der Waals surface area contributed by atoms with Crippen molar-refractivity contribution in [2.45, 2.75) is 37.3 Å². The largest absolute Gasteiger partial charge is 0.380 e. The molecule has 0 saturated carbocycles. The smallest absolute Gasteiger partial charge is 0.0948 e. The SMILES string of the molecule is COC1Cc2ccccc2C12CCCn1cncc12. The molecule has 98 valence electrons. The highest BCUT2D eigenvalue weighted by atomic mass is 16.5. The van der Waals surface area contributed by atoms with Gasteiger partial charge in [0.25, 0.3) is 0 Å². The second kappa shape index (κ2) is 3.94. The molecule has 3 heteroatoms. The summed E-state index contributed by atoms with van der Waals surface area (Å²) in [6, 6.07) is 8.79. The number of fused-ring (bicyclic) bond motifs is 4. The third-order valence-corrected chi connectivity index (χ3v) is 4.88. The second-order valence-corrected chi connectivity index (χ2v) is 5.63. The van der Waals surface area contributed by atoms with Gasteiger partial charge < -0.3 is 9.30 Å². The van der Waals surface area contributed by atoms with E-state index in [2.05, 4.69) is 33.8 Å². The molecule has 2 aromatic rings. The quantitative estimate of drug-likeness (QED) is 0.782. The Morgan fingerprint density at radius 2 is 2.26 bits per heavy atom. The van der Waals surface area contributed by atoms with E-state index in [1.165, 1.54) is 23.2 Å². The summed E-state index contributed by atoms with van der Waals surface area (Å²) in [7, 11) is 1.84.